The standard InChI is InChI=1S/C11H12INO3/c1-7(14)13-10(6-11(15)16)8-3-2-4-9(12)5-8/h2-5,10H,6H2,1H3,(H,13,14)(H,15,16)/t10-/m1/s1. The van der Waals surface area contributed by atoms with E-state index in [9.17, 15) is 9.59 Å². The fourth-order valence-electron chi connectivity index (χ4n) is 1.40. The molecule has 0 bridgehead atoms. The second kappa shape index (κ2) is 5.83. The fourth-order valence-corrected chi connectivity index (χ4v) is 1.96. The first-order valence-electron chi connectivity index (χ1n) is 4.73. The van der Waals surface area contributed by atoms with Gasteiger partial charge in [-0.25, -0.2) is 0 Å². The molecule has 1 aromatic carbocycles. The third-order valence-electron chi connectivity index (χ3n) is 2.01. The van der Waals surface area contributed by atoms with E-state index < -0.39 is 12.0 Å². The van der Waals surface area contributed by atoms with Crippen LogP contribution in [-0.4, -0.2) is 17.0 Å². The maximum atomic E-state index is 11.0. The molecule has 4 nitrogen and oxygen atoms in total. The first-order chi connectivity index (χ1) is 7.49. The highest BCUT2D eigenvalue weighted by atomic mass is 127. The number of carbonyl (C=O) groups is 2. The third kappa shape index (κ3) is 4.18. The Morgan fingerprint density at radius 2 is 2.19 bits per heavy atom. The van der Waals surface area contributed by atoms with Crippen LogP contribution in [0, 0.1) is 3.57 Å². The number of rotatable bonds is 4. The highest BCUT2D eigenvalue weighted by molar-refractivity contribution is 14.1. The Labute approximate surface area is 107 Å². The molecule has 0 aromatic heterocycles. The molecule has 0 saturated heterocycles. The smallest absolute Gasteiger partial charge is 0.305 e. The van der Waals surface area contributed by atoms with Gasteiger partial charge >= 0.3 is 5.97 Å². The quantitative estimate of drug-likeness (QED) is 0.828. The Kier molecular flexibility index (Phi) is 4.72. The van der Waals surface area contributed by atoms with Crippen LogP contribution in [0.5, 0.6) is 0 Å². The molecule has 2 N–H and O–H groups in total. The maximum Gasteiger partial charge on any atom is 0.305 e. The van der Waals surface area contributed by atoms with Crippen LogP contribution in [0.4, 0.5) is 0 Å². The minimum absolute atomic E-state index is 0.111. The molecule has 1 aromatic rings. The minimum atomic E-state index is -0.933. The van der Waals surface area contributed by atoms with Crippen LogP contribution in [0.1, 0.15) is 24.9 Å². The summed E-state index contributed by atoms with van der Waals surface area (Å²) in [7, 11) is 0. The van der Waals surface area contributed by atoms with E-state index in [1.807, 2.05) is 24.3 Å². The highest BCUT2D eigenvalue weighted by Gasteiger charge is 2.16. The number of hydrogen-bond acceptors (Lipinski definition) is 2. The summed E-state index contributed by atoms with van der Waals surface area (Å²) in [6, 6.07) is 6.96. The van der Waals surface area contributed by atoms with Crippen LogP contribution in [0.2, 0.25) is 0 Å². The second-order valence-electron chi connectivity index (χ2n) is 3.41. The number of carboxylic acid groups (broad SMARTS) is 1. The number of amides is 1. The lowest BCUT2D eigenvalue weighted by Gasteiger charge is -2.16. The summed E-state index contributed by atoms with van der Waals surface area (Å²) in [6.07, 6.45) is -0.111. The van der Waals surface area contributed by atoms with Gasteiger partial charge in [-0.3, -0.25) is 9.59 Å². The molecule has 0 aliphatic heterocycles. The summed E-state index contributed by atoms with van der Waals surface area (Å²) in [5.41, 5.74) is 0.810. The predicted molar refractivity (Wildman–Crippen MR) is 68.0 cm³/mol. The Balaban J connectivity index is 2.90. The van der Waals surface area contributed by atoms with Gasteiger partial charge in [0.15, 0.2) is 0 Å². The molecule has 86 valence electrons. The number of halogens is 1. The summed E-state index contributed by atoms with van der Waals surface area (Å²) >= 11 is 2.15. The third-order valence-corrected chi connectivity index (χ3v) is 2.68. The highest BCUT2D eigenvalue weighted by Crippen LogP contribution is 2.19. The average molecular weight is 333 g/mol. The van der Waals surface area contributed by atoms with E-state index in [4.69, 9.17) is 5.11 Å². The van der Waals surface area contributed by atoms with Gasteiger partial charge in [-0.1, -0.05) is 12.1 Å². The van der Waals surface area contributed by atoms with E-state index in [1.54, 1.807) is 0 Å². The zero-order valence-corrected chi connectivity index (χ0v) is 10.9. The SMILES string of the molecule is CC(=O)N[C@H](CC(=O)O)c1cccc(I)c1. The zero-order valence-electron chi connectivity index (χ0n) is 8.74. The zero-order chi connectivity index (χ0) is 12.1. The largest absolute Gasteiger partial charge is 0.481 e. The van der Waals surface area contributed by atoms with Crippen LogP contribution in [0.3, 0.4) is 0 Å². The van der Waals surface area contributed by atoms with Crippen LogP contribution in [0.25, 0.3) is 0 Å². The fraction of sp³-hybridized carbons (Fsp3) is 0.273. The second-order valence-corrected chi connectivity index (χ2v) is 4.65. The Morgan fingerprint density at radius 3 is 2.69 bits per heavy atom. The molecule has 0 saturated carbocycles. The molecule has 0 spiro atoms. The number of carboxylic acids is 1. The number of hydrogen-bond donors (Lipinski definition) is 2. The molecular weight excluding hydrogens is 321 g/mol. The summed E-state index contributed by atoms with van der Waals surface area (Å²) < 4.78 is 1.01. The van der Waals surface area contributed by atoms with Crippen LogP contribution >= 0.6 is 22.6 Å². The molecule has 0 aliphatic carbocycles. The maximum absolute atomic E-state index is 11.0. The van der Waals surface area contributed by atoms with Crippen LogP contribution in [0.15, 0.2) is 24.3 Å². The van der Waals surface area contributed by atoms with Crippen molar-refractivity contribution in [2.24, 2.45) is 0 Å². The van der Waals surface area contributed by atoms with E-state index in [2.05, 4.69) is 27.9 Å². The first kappa shape index (κ1) is 13.0. The number of carbonyl (C=O) groups excluding carboxylic acids is 1. The summed E-state index contributed by atoms with van der Waals surface area (Å²) in [4.78, 5) is 21.7. The Hall–Kier alpha value is -1.11. The van der Waals surface area contributed by atoms with Gasteiger partial charge in [0.25, 0.3) is 0 Å². The molecule has 0 radical (unpaired) electrons. The number of aliphatic carboxylic acids is 1. The van der Waals surface area contributed by atoms with Crippen molar-refractivity contribution in [2.45, 2.75) is 19.4 Å². The van der Waals surface area contributed by atoms with Crippen molar-refractivity contribution in [3.63, 3.8) is 0 Å². The molecule has 1 atom stereocenters. The van der Waals surface area contributed by atoms with E-state index >= 15 is 0 Å². The molecular formula is C11H12INO3. The number of nitrogens with one attached hydrogen (secondary N) is 1. The van der Waals surface area contributed by atoms with Gasteiger partial charge in [0.1, 0.15) is 0 Å². The van der Waals surface area contributed by atoms with Crippen molar-refractivity contribution < 1.29 is 14.7 Å². The van der Waals surface area contributed by atoms with E-state index in [1.165, 1.54) is 6.92 Å². The van der Waals surface area contributed by atoms with Gasteiger partial charge < -0.3 is 10.4 Å². The normalized spacial score (nSPS) is 11.9. The van der Waals surface area contributed by atoms with Gasteiger partial charge in [-0.05, 0) is 40.3 Å². The monoisotopic (exact) mass is 333 g/mol. The molecule has 1 amide bonds. The van der Waals surface area contributed by atoms with Crippen LogP contribution < -0.4 is 5.32 Å². The van der Waals surface area contributed by atoms with Crippen molar-refractivity contribution in [3.8, 4) is 0 Å². The minimum Gasteiger partial charge on any atom is -0.481 e. The number of benzene rings is 1. The molecule has 0 aliphatic rings. The Bertz CT molecular complexity index is 390. The molecule has 0 heterocycles. The van der Waals surface area contributed by atoms with Gasteiger partial charge in [0.2, 0.25) is 5.91 Å². The predicted octanol–water partition coefficient (Wildman–Crippen LogP) is 1.94. The first-order valence-corrected chi connectivity index (χ1v) is 5.81. The Morgan fingerprint density at radius 1 is 1.50 bits per heavy atom. The molecule has 5 heteroatoms. The van der Waals surface area contributed by atoms with Gasteiger partial charge in [0, 0.05) is 10.5 Å². The van der Waals surface area contributed by atoms with Gasteiger partial charge in [-0.2, -0.15) is 0 Å². The molecule has 0 fully saturated rings. The van der Waals surface area contributed by atoms with E-state index in [0.717, 1.165) is 9.13 Å². The molecule has 1 rings (SSSR count). The van der Waals surface area contributed by atoms with E-state index in [0.29, 0.717) is 0 Å². The van der Waals surface area contributed by atoms with Crippen LogP contribution in [-0.2, 0) is 9.59 Å². The summed E-state index contributed by atoms with van der Waals surface area (Å²) in [5, 5.41) is 11.4. The lowest BCUT2D eigenvalue weighted by atomic mass is 10.0. The summed E-state index contributed by atoms with van der Waals surface area (Å²) in [5.74, 6) is -1.16. The van der Waals surface area contributed by atoms with Crippen molar-refractivity contribution in [1.82, 2.24) is 5.32 Å². The molecule has 0 unspecified atom stereocenters. The summed E-state index contributed by atoms with van der Waals surface area (Å²) in [6.45, 7) is 1.38. The topological polar surface area (TPSA) is 66.4 Å². The van der Waals surface area contributed by atoms with Crippen molar-refractivity contribution in [2.75, 3.05) is 0 Å². The van der Waals surface area contributed by atoms with Crippen molar-refractivity contribution in [3.05, 3.63) is 33.4 Å². The lowest BCUT2D eigenvalue weighted by Crippen LogP contribution is -2.28. The van der Waals surface area contributed by atoms with Gasteiger partial charge in [-0.15, -0.1) is 0 Å². The van der Waals surface area contributed by atoms with Crippen molar-refractivity contribution >= 4 is 34.5 Å². The van der Waals surface area contributed by atoms with E-state index in [-0.39, 0.29) is 12.3 Å². The average Bonchev–Trinajstić information content (AvgIpc) is 2.15. The molecule has 16 heavy (non-hydrogen) atoms. The lowest BCUT2D eigenvalue weighted by molar-refractivity contribution is -0.137. The van der Waals surface area contributed by atoms with Crippen molar-refractivity contribution in [1.29, 1.82) is 0 Å². The van der Waals surface area contributed by atoms with Gasteiger partial charge in [0.05, 0.1) is 12.5 Å².